The number of likely N-dealkylation sites (tertiary alicyclic amines) is 1. The second-order valence-corrected chi connectivity index (χ2v) is 7.48. The molecule has 7 heteroatoms. The van der Waals surface area contributed by atoms with E-state index in [1.165, 1.54) is 41.9 Å². The Hall–Kier alpha value is -2.44. The molecule has 138 valence electrons. The van der Waals surface area contributed by atoms with Gasteiger partial charge in [-0.2, -0.15) is 5.10 Å². The van der Waals surface area contributed by atoms with Gasteiger partial charge in [-0.25, -0.2) is 9.67 Å². The summed E-state index contributed by atoms with van der Waals surface area (Å²) in [6, 6.07) is 2.91. The molecule has 0 unspecified atom stereocenters. The second kappa shape index (κ2) is 7.05. The van der Waals surface area contributed by atoms with Gasteiger partial charge in [0, 0.05) is 51.1 Å². The van der Waals surface area contributed by atoms with Crippen LogP contribution in [0, 0.1) is 5.92 Å². The second-order valence-electron chi connectivity index (χ2n) is 7.48. The van der Waals surface area contributed by atoms with E-state index in [2.05, 4.69) is 20.8 Å². The molecule has 1 aliphatic carbocycles. The number of rotatable bonds is 4. The molecule has 1 saturated carbocycles. The minimum atomic E-state index is -0.210. The van der Waals surface area contributed by atoms with E-state index < -0.39 is 0 Å². The van der Waals surface area contributed by atoms with Crippen molar-refractivity contribution in [2.24, 2.45) is 13.0 Å². The maximum absolute atomic E-state index is 12.6. The van der Waals surface area contributed by atoms with E-state index >= 15 is 0 Å². The predicted molar refractivity (Wildman–Crippen MR) is 96.9 cm³/mol. The summed E-state index contributed by atoms with van der Waals surface area (Å²) in [6.07, 6.45) is 9.85. The van der Waals surface area contributed by atoms with Crippen molar-refractivity contribution in [1.82, 2.24) is 24.2 Å². The molecule has 2 aromatic heterocycles. The van der Waals surface area contributed by atoms with Gasteiger partial charge in [0.15, 0.2) is 0 Å². The third kappa shape index (κ3) is 3.30. The number of amides is 1. The van der Waals surface area contributed by atoms with E-state index in [0.717, 1.165) is 25.3 Å². The normalized spacial score (nSPS) is 18.7. The average molecular weight is 355 g/mol. The number of carbonyl (C=O) groups is 1. The van der Waals surface area contributed by atoms with E-state index in [9.17, 15) is 9.59 Å². The molecular weight excluding hydrogens is 330 g/mol. The minimum Gasteiger partial charge on any atom is -0.337 e. The Labute approximate surface area is 152 Å². The highest BCUT2D eigenvalue weighted by Gasteiger charge is 2.28. The Morgan fingerprint density at radius 1 is 1.19 bits per heavy atom. The smallest absolute Gasteiger partial charge is 0.274 e. The number of imidazole rings is 1. The SMILES string of the molecule is Cn1nc(C(=O)N2CCC(c3nccn3CC3CCC3)CC2)ccc1=O. The first-order valence-corrected chi connectivity index (χ1v) is 9.46. The lowest BCUT2D eigenvalue weighted by Crippen LogP contribution is -2.39. The molecule has 2 aromatic rings. The number of piperidine rings is 1. The van der Waals surface area contributed by atoms with Crippen molar-refractivity contribution < 1.29 is 4.79 Å². The zero-order valence-electron chi connectivity index (χ0n) is 15.2. The highest BCUT2D eigenvalue weighted by molar-refractivity contribution is 5.92. The molecular formula is C19H25N5O2. The van der Waals surface area contributed by atoms with Crippen molar-refractivity contribution in [3.8, 4) is 0 Å². The van der Waals surface area contributed by atoms with Crippen molar-refractivity contribution in [1.29, 1.82) is 0 Å². The number of nitrogens with zero attached hydrogens (tertiary/aromatic N) is 5. The fourth-order valence-electron chi connectivity index (χ4n) is 3.91. The van der Waals surface area contributed by atoms with Gasteiger partial charge in [-0.1, -0.05) is 6.42 Å². The summed E-state index contributed by atoms with van der Waals surface area (Å²) in [5, 5.41) is 4.08. The fourth-order valence-corrected chi connectivity index (χ4v) is 3.91. The van der Waals surface area contributed by atoms with E-state index in [1.54, 1.807) is 7.05 Å². The Morgan fingerprint density at radius 2 is 1.96 bits per heavy atom. The lowest BCUT2D eigenvalue weighted by molar-refractivity contribution is 0.0701. The van der Waals surface area contributed by atoms with E-state index in [1.807, 2.05) is 11.1 Å². The lowest BCUT2D eigenvalue weighted by Gasteiger charge is -2.33. The Bertz CT molecular complexity index is 844. The van der Waals surface area contributed by atoms with Gasteiger partial charge in [-0.05, 0) is 37.7 Å². The molecule has 0 aromatic carbocycles. The topological polar surface area (TPSA) is 73.0 Å². The van der Waals surface area contributed by atoms with Crippen LogP contribution < -0.4 is 5.56 Å². The summed E-state index contributed by atoms with van der Waals surface area (Å²) in [7, 11) is 1.56. The summed E-state index contributed by atoms with van der Waals surface area (Å²) >= 11 is 0. The van der Waals surface area contributed by atoms with Crippen LogP contribution in [0.5, 0.6) is 0 Å². The molecule has 1 amide bonds. The van der Waals surface area contributed by atoms with Gasteiger partial charge in [0.05, 0.1) is 0 Å². The van der Waals surface area contributed by atoms with Crippen LogP contribution in [0.25, 0.3) is 0 Å². The molecule has 1 saturated heterocycles. The fraction of sp³-hybridized carbons (Fsp3) is 0.579. The van der Waals surface area contributed by atoms with Crippen molar-refractivity contribution in [3.63, 3.8) is 0 Å². The first kappa shape index (κ1) is 17.0. The summed E-state index contributed by atoms with van der Waals surface area (Å²) in [6.45, 7) is 2.48. The van der Waals surface area contributed by atoms with Crippen LogP contribution in [-0.4, -0.2) is 43.2 Å². The summed E-state index contributed by atoms with van der Waals surface area (Å²) in [4.78, 5) is 30.5. The van der Waals surface area contributed by atoms with Crippen LogP contribution in [0.2, 0.25) is 0 Å². The largest absolute Gasteiger partial charge is 0.337 e. The van der Waals surface area contributed by atoms with Crippen LogP contribution in [0.15, 0.2) is 29.3 Å². The number of hydrogen-bond donors (Lipinski definition) is 0. The van der Waals surface area contributed by atoms with Gasteiger partial charge in [0.1, 0.15) is 11.5 Å². The van der Waals surface area contributed by atoms with Gasteiger partial charge >= 0.3 is 0 Å². The van der Waals surface area contributed by atoms with Crippen molar-refractivity contribution >= 4 is 5.91 Å². The third-order valence-electron chi connectivity index (χ3n) is 5.75. The molecule has 2 aliphatic rings. The Kier molecular flexibility index (Phi) is 4.61. The van der Waals surface area contributed by atoms with Crippen LogP contribution in [-0.2, 0) is 13.6 Å². The molecule has 0 N–H and O–H groups in total. The van der Waals surface area contributed by atoms with Crippen molar-refractivity contribution in [2.75, 3.05) is 13.1 Å². The maximum Gasteiger partial charge on any atom is 0.274 e. The van der Waals surface area contributed by atoms with Gasteiger partial charge in [0.2, 0.25) is 0 Å². The van der Waals surface area contributed by atoms with Gasteiger partial charge in [0.25, 0.3) is 11.5 Å². The maximum atomic E-state index is 12.6. The number of carbonyl (C=O) groups excluding carboxylic acids is 1. The summed E-state index contributed by atoms with van der Waals surface area (Å²) in [5.74, 6) is 2.28. The zero-order valence-corrected chi connectivity index (χ0v) is 15.2. The molecule has 3 heterocycles. The monoisotopic (exact) mass is 355 g/mol. The first-order chi connectivity index (χ1) is 12.6. The van der Waals surface area contributed by atoms with Crippen LogP contribution in [0.1, 0.15) is 54.3 Å². The Balaban J connectivity index is 1.39. The molecule has 1 aliphatic heterocycles. The van der Waals surface area contributed by atoms with Gasteiger partial charge in [-0.15, -0.1) is 0 Å². The molecule has 0 atom stereocenters. The quantitative estimate of drug-likeness (QED) is 0.838. The minimum absolute atomic E-state index is 0.100. The van der Waals surface area contributed by atoms with Crippen molar-refractivity contribution in [3.05, 3.63) is 46.4 Å². The molecule has 0 radical (unpaired) electrons. The van der Waals surface area contributed by atoms with Gasteiger partial charge in [-0.3, -0.25) is 9.59 Å². The average Bonchev–Trinajstić information content (AvgIpc) is 3.08. The van der Waals surface area contributed by atoms with Crippen LogP contribution in [0.4, 0.5) is 0 Å². The van der Waals surface area contributed by atoms with Crippen LogP contribution in [0.3, 0.4) is 0 Å². The molecule has 0 spiro atoms. The molecule has 4 rings (SSSR count). The highest BCUT2D eigenvalue weighted by Crippen LogP contribution is 2.31. The van der Waals surface area contributed by atoms with E-state index in [-0.39, 0.29) is 11.5 Å². The standard InChI is InChI=1S/C19H25N5O2/c1-22-17(25)6-5-16(21-22)19(26)23-10-7-15(8-11-23)18-20-9-12-24(18)13-14-3-2-4-14/h5-6,9,12,14-15H,2-4,7-8,10-11,13H2,1H3. The number of aromatic nitrogens is 4. The number of aryl methyl sites for hydroxylation is 1. The first-order valence-electron chi connectivity index (χ1n) is 9.46. The number of hydrogen-bond acceptors (Lipinski definition) is 4. The summed E-state index contributed by atoms with van der Waals surface area (Å²) in [5.41, 5.74) is 0.121. The highest BCUT2D eigenvalue weighted by atomic mass is 16.2. The lowest BCUT2D eigenvalue weighted by atomic mass is 9.85. The predicted octanol–water partition coefficient (Wildman–Crippen LogP) is 1.80. The molecule has 0 bridgehead atoms. The summed E-state index contributed by atoms with van der Waals surface area (Å²) < 4.78 is 3.53. The van der Waals surface area contributed by atoms with Crippen molar-refractivity contribution in [2.45, 2.75) is 44.6 Å². The molecule has 26 heavy (non-hydrogen) atoms. The van der Waals surface area contributed by atoms with Crippen LogP contribution >= 0.6 is 0 Å². The van der Waals surface area contributed by atoms with Gasteiger partial charge < -0.3 is 9.47 Å². The molecule has 7 nitrogen and oxygen atoms in total. The van der Waals surface area contributed by atoms with E-state index in [4.69, 9.17) is 0 Å². The Morgan fingerprint density at radius 3 is 2.62 bits per heavy atom. The van der Waals surface area contributed by atoms with E-state index in [0.29, 0.717) is 24.7 Å². The third-order valence-corrected chi connectivity index (χ3v) is 5.75. The molecule has 2 fully saturated rings. The zero-order chi connectivity index (χ0) is 18.1.